The Morgan fingerprint density at radius 3 is 2.58 bits per heavy atom. The number of hydrogen-bond donors (Lipinski definition) is 2. The number of carbonyl (C=O) groups is 1. The van der Waals surface area contributed by atoms with Gasteiger partial charge in [-0.2, -0.15) is 4.72 Å². The van der Waals surface area contributed by atoms with E-state index in [-0.39, 0.29) is 6.42 Å². The van der Waals surface area contributed by atoms with Gasteiger partial charge in [0.1, 0.15) is 16.8 Å². The molecular formula is C12H16FNO4S. The van der Waals surface area contributed by atoms with Crippen molar-refractivity contribution >= 4 is 16.0 Å². The molecule has 0 fully saturated rings. The Morgan fingerprint density at radius 1 is 1.42 bits per heavy atom. The predicted octanol–water partition coefficient (Wildman–Crippen LogP) is 1.75. The lowest BCUT2D eigenvalue weighted by molar-refractivity contribution is -0.139. The Balaban J connectivity index is 2.95. The molecule has 5 nitrogen and oxygen atoms in total. The number of carboxylic acids is 1. The average molecular weight is 289 g/mol. The maximum Gasteiger partial charge on any atom is 0.321 e. The zero-order valence-electron chi connectivity index (χ0n) is 10.5. The normalized spacial score (nSPS) is 13.2. The van der Waals surface area contributed by atoms with Gasteiger partial charge in [0.15, 0.2) is 0 Å². The fourth-order valence-electron chi connectivity index (χ4n) is 1.55. The van der Waals surface area contributed by atoms with Crippen molar-refractivity contribution in [3.8, 4) is 0 Å². The van der Waals surface area contributed by atoms with Crippen molar-refractivity contribution in [1.82, 2.24) is 4.72 Å². The molecule has 0 spiro atoms. The molecule has 0 aliphatic carbocycles. The van der Waals surface area contributed by atoms with Crippen LogP contribution >= 0.6 is 0 Å². The number of benzene rings is 1. The van der Waals surface area contributed by atoms with Gasteiger partial charge in [0.25, 0.3) is 0 Å². The third-order valence-corrected chi connectivity index (χ3v) is 4.07. The number of halogens is 1. The van der Waals surface area contributed by atoms with Crippen molar-refractivity contribution in [3.05, 3.63) is 30.1 Å². The van der Waals surface area contributed by atoms with Crippen LogP contribution in [0.2, 0.25) is 0 Å². The summed E-state index contributed by atoms with van der Waals surface area (Å²) in [6, 6.07) is 3.59. The van der Waals surface area contributed by atoms with Crippen LogP contribution in [0.25, 0.3) is 0 Å². The number of rotatable bonds is 7. The number of hydrogen-bond acceptors (Lipinski definition) is 3. The molecule has 0 unspecified atom stereocenters. The van der Waals surface area contributed by atoms with E-state index in [0.717, 1.165) is 18.6 Å². The quantitative estimate of drug-likeness (QED) is 0.801. The summed E-state index contributed by atoms with van der Waals surface area (Å²) >= 11 is 0. The molecule has 2 N–H and O–H groups in total. The van der Waals surface area contributed by atoms with E-state index in [2.05, 4.69) is 0 Å². The van der Waals surface area contributed by atoms with E-state index in [9.17, 15) is 17.6 Å². The van der Waals surface area contributed by atoms with E-state index in [1.165, 1.54) is 12.1 Å². The third kappa shape index (κ3) is 4.29. The summed E-state index contributed by atoms with van der Waals surface area (Å²) in [5.74, 6) is -2.18. The van der Waals surface area contributed by atoms with Crippen LogP contribution in [-0.2, 0) is 14.8 Å². The van der Waals surface area contributed by atoms with Crippen LogP contribution < -0.4 is 4.72 Å². The van der Waals surface area contributed by atoms with Gasteiger partial charge in [-0.3, -0.25) is 4.79 Å². The van der Waals surface area contributed by atoms with Crippen LogP contribution in [0.5, 0.6) is 0 Å². The van der Waals surface area contributed by atoms with Gasteiger partial charge in [0.2, 0.25) is 10.0 Å². The third-order valence-electron chi connectivity index (χ3n) is 2.57. The summed E-state index contributed by atoms with van der Waals surface area (Å²) in [6.07, 6.45) is 1.47. The van der Waals surface area contributed by atoms with Crippen molar-refractivity contribution in [3.63, 3.8) is 0 Å². The summed E-state index contributed by atoms with van der Waals surface area (Å²) in [5.41, 5.74) is 0. The Kier molecular flexibility index (Phi) is 5.44. The van der Waals surface area contributed by atoms with Gasteiger partial charge in [-0.15, -0.1) is 0 Å². The number of aliphatic carboxylic acids is 1. The molecule has 106 valence electrons. The summed E-state index contributed by atoms with van der Waals surface area (Å²) in [6.45, 7) is 1.87. The molecule has 0 amide bonds. The van der Waals surface area contributed by atoms with Gasteiger partial charge >= 0.3 is 5.97 Å². The molecule has 0 aromatic heterocycles. The maximum absolute atomic E-state index is 13.4. The monoisotopic (exact) mass is 289 g/mol. The second-order valence-corrected chi connectivity index (χ2v) is 5.77. The second kappa shape index (κ2) is 6.63. The Labute approximate surface area is 111 Å². The largest absolute Gasteiger partial charge is 0.480 e. The van der Waals surface area contributed by atoms with E-state index in [0.29, 0.717) is 6.42 Å². The molecule has 1 aromatic rings. The standard InChI is InChI=1S/C12H16FNO4S/c1-2-3-7-10(12(15)16)14-19(17,18)11-8-5-4-6-9(11)13/h4-6,8,10,14H,2-3,7H2,1H3,(H,15,16)/t10-/m0/s1. The second-order valence-electron chi connectivity index (χ2n) is 4.08. The molecule has 1 aromatic carbocycles. The number of nitrogens with one attached hydrogen (secondary N) is 1. The van der Waals surface area contributed by atoms with Crippen molar-refractivity contribution in [2.45, 2.75) is 37.1 Å². The smallest absolute Gasteiger partial charge is 0.321 e. The molecule has 1 atom stereocenters. The molecule has 7 heteroatoms. The van der Waals surface area contributed by atoms with Gasteiger partial charge in [-0.25, -0.2) is 12.8 Å². The van der Waals surface area contributed by atoms with Gasteiger partial charge in [0, 0.05) is 0 Å². The SMILES string of the molecule is CCCC[C@H](NS(=O)(=O)c1ccccc1F)C(=O)O. The fourth-order valence-corrected chi connectivity index (χ4v) is 2.86. The van der Waals surface area contributed by atoms with Crippen molar-refractivity contribution in [2.75, 3.05) is 0 Å². The first-order chi connectivity index (χ1) is 8.88. The molecule has 0 radical (unpaired) electrons. The van der Waals surface area contributed by atoms with E-state index in [1.54, 1.807) is 0 Å². The first-order valence-electron chi connectivity index (χ1n) is 5.88. The van der Waals surface area contributed by atoms with Crippen LogP contribution in [-0.4, -0.2) is 25.5 Å². The average Bonchev–Trinajstić information content (AvgIpc) is 2.34. The lowest BCUT2D eigenvalue weighted by atomic mass is 10.1. The van der Waals surface area contributed by atoms with Gasteiger partial charge in [-0.05, 0) is 18.6 Å². The first kappa shape index (κ1) is 15.6. The minimum absolute atomic E-state index is 0.166. The topological polar surface area (TPSA) is 83.5 Å². The number of sulfonamides is 1. The molecular weight excluding hydrogens is 273 g/mol. The zero-order valence-corrected chi connectivity index (χ0v) is 11.3. The highest BCUT2D eigenvalue weighted by Gasteiger charge is 2.26. The van der Waals surface area contributed by atoms with Gasteiger partial charge < -0.3 is 5.11 Å². The van der Waals surface area contributed by atoms with Crippen molar-refractivity contribution in [1.29, 1.82) is 0 Å². The van der Waals surface area contributed by atoms with Crippen molar-refractivity contribution in [2.24, 2.45) is 0 Å². The van der Waals surface area contributed by atoms with Crippen LogP contribution in [0, 0.1) is 5.82 Å². The zero-order chi connectivity index (χ0) is 14.5. The lowest BCUT2D eigenvalue weighted by Gasteiger charge is -2.14. The molecule has 0 saturated heterocycles. The summed E-state index contributed by atoms with van der Waals surface area (Å²) < 4.78 is 39.3. The number of carboxylic acid groups (broad SMARTS) is 1. The first-order valence-corrected chi connectivity index (χ1v) is 7.36. The van der Waals surface area contributed by atoms with E-state index in [4.69, 9.17) is 5.11 Å². The molecule has 0 aliphatic heterocycles. The van der Waals surface area contributed by atoms with Gasteiger partial charge in [0.05, 0.1) is 0 Å². The van der Waals surface area contributed by atoms with E-state index >= 15 is 0 Å². The van der Waals surface area contributed by atoms with E-state index < -0.39 is 32.7 Å². The molecule has 1 rings (SSSR count). The molecule has 0 aliphatic rings. The van der Waals surface area contributed by atoms with Crippen LogP contribution in [0.15, 0.2) is 29.2 Å². The Morgan fingerprint density at radius 2 is 2.05 bits per heavy atom. The molecule has 0 heterocycles. The summed E-state index contributed by atoms with van der Waals surface area (Å²) in [7, 11) is -4.17. The van der Waals surface area contributed by atoms with Gasteiger partial charge in [-0.1, -0.05) is 31.9 Å². The maximum atomic E-state index is 13.4. The van der Waals surface area contributed by atoms with Crippen LogP contribution in [0.4, 0.5) is 4.39 Å². The van der Waals surface area contributed by atoms with E-state index in [1.807, 2.05) is 11.6 Å². The lowest BCUT2D eigenvalue weighted by Crippen LogP contribution is -2.40. The Hall–Kier alpha value is -1.47. The van der Waals surface area contributed by atoms with Crippen molar-refractivity contribution < 1.29 is 22.7 Å². The van der Waals surface area contributed by atoms with Crippen LogP contribution in [0.3, 0.4) is 0 Å². The highest BCUT2D eigenvalue weighted by atomic mass is 32.2. The molecule has 0 bridgehead atoms. The minimum atomic E-state index is -4.17. The molecule has 0 saturated carbocycles. The summed E-state index contributed by atoms with van der Waals surface area (Å²) in [4.78, 5) is 10.4. The highest BCUT2D eigenvalue weighted by Crippen LogP contribution is 2.14. The summed E-state index contributed by atoms with van der Waals surface area (Å²) in [5, 5.41) is 8.96. The molecule has 19 heavy (non-hydrogen) atoms. The van der Waals surface area contributed by atoms with Crippen LogP contribution in [0.1, 0.15) is 26.2 Å². The Bertz CT molecular complexity index is 544. The predicted molar refractivity (Wildman–Crippen MR) is 67.7 cm³/mol. The fraction of sp³-hybridized carbons (Fsp3) is 0.417. The highest BCUT2D eigenvalue weighted by molar-refractivity contribution is 7.89. The number of unbranched alkanes of at least 4 members (excludes halogenated alkanes) is 1. The minimum Gasteiger partial charge on any atom is -0.480 e.